The van der Waals surface area contributed by atoms with E-state index in [1.165, 1.54) is 11.1 Å². The minimum absolute atomic E-state index is 0.606. The van der Waals surface area contributed by atoms with Gasteiger partial charge in [-0.15, -0.1) is 0 Å². The summed E-state index contributed by atoms with van der Waals surface area (Å²) in [5.41, 5.74) is 1.80. The monoisotopic (exact) mass is 251 g/mol. The van der Waals surface area contributed by atoms with E-state index in [9.17, 15) is 5.11 Å². The Bertz CT molecular complexity index is 333. The maximum Gasteiger partial charge on any atom is 0.0743 e. The number of aliphatic hydroxyl groups is 1. The molecule has 0 amide bonds. The first-order valence-electron chi connectivity index (χ1n) is 6.57. The van der Waals surface area contributed by atoms with Crippen LogP contribution in [0.5, 0.6) is 0 Å². The highest BCUT2D eigenvalue weighted by molar-refractivity contribution is 5.21. The largest absolute Gasteiger partial charge is 0.389 e. The number of rotatable bonds is 8. The molecule has 0 saturated carbocycles. The molecule has 1 rings (SSSR count). The van der Waals surface area contributed by atoms with Crippen molar-refractivity contribution in [1.29, 1.82) is 0 Å². The molecule has 0 aliphatic heterocycles. The topological polar surface area (TPSA) is 41.5 Å². The SMILES string of the molecule is CCCC(C)(O)CNCc1ccc(COC)cc1. The summed E-state index contributed by atoms with van der Waals surface area (Å²) in [5.74, 6) is 0. The molecular weight excluding hydrogens is 226 g/mol. The second-order valence-corrected chi connectivity index (χ2v) is 5.10. The third-order valence-corrected chi connectivity index (χ3v) is 2.96. The predicted octanol–water partition coefficient (Wildman–Crippen LogP) is 2.47. The molecule has 18 heavy (non-hydrogen) atoms. The highest BCUT2D eigenvalue weighted by Crippen LogP contribution is 2.11. The van der Waals surface area contributed by atoms with Crippen molar-refractivity contribution in [3.63, 3.8) is 0 Å². The quantitative estimate of drug-likeness (QED) is 0.746. The Morgan fingerprint density at radius 1 is 1.22 bits per heavy atom. The number of ether oxygens (including phenoxy) is 1. The second-order valence-electron chi connectivity index (χ2n) is 5.10. The molecule has 0 aliphatic rings. The zero-order chi connectivity index (χ0) is 13.4. The van der Waals surface area contributed by atoms with Crippen molar-refractivity contribution in [2.75, 3.05) is 13.7 Å². The van der Waals surface area contributed by atoms with Gasteiger partial charge in [-0.3, -0.25) is 0 Å². The zero-order valence-corrected chi connectivity index (χ0v) is 11.7. The summed E-state index contributed by atoms with van der Waals surface area (Å²) in [5, 5.41) is 13.3. The molecule has 0 saturated heterocycles. The summed E-state index contributed by atoms with van der Waals surface area (Å²) in [4.78, 5) is 0. The number of hydrogen-bond donors (Lipinski definition) is 2. The summed E-state index contributed by atoms with van der Waals surface area (Å²) in [6.45, 7) is 6.03. The maximum absolute atomic E-state index is 10.0. The third-order valence-electron chi connectivity index (χ3n) is 2.96. The lowest BCUT2D eigenvalue weighted by molar-refractivity contribution is 0.0498. The zero-order valence-electron chi connectivity index (χ0n) is 11.7. The second kappa shape index (κ2) is 7.52. The maximum atomic E-state index is 10.0. The van der Waals surface area contributed by atoms with Crippen LogP contribution in [0.2, 0.25) is 0 Å². The fourth-order valence-corrected chi connectivity index (χ4v) is 2.02. The summed E-state index contributed by atoms with van der Waals surface area (Å²) in [6, 6.07) is 8.33. The van der Waals surface area contributed by atoms with Crippen LogP contribution in [0.1, 0.15) is 37.8 Å². The standard InChI is InChI=1S/C15H25NO2/c1-4-9-15(2,17)12-16-10-13-5-7-14(8-6-13)11-18-3/h5-8,16-17H,4,9-12H2,1-3H3. The Labute approximate surface area is 110 Å². The highest BCUT2D eigenvalue weighted by Gasteiger charge is 2.17. The number of hydrogen-bond acceptors (Lipinski definition) is 3. The van der Waals surface area contributed by atoms with Crippen molar-refractivity contribution in [3.05, 3.63) is 35.4 Å². The van der Waals surface area contributed by atoms with Crippen LogP contribution in [0.25, 0.3) is 0 Å². The van der Waals surface area contributed by atoms with Gasteiger partial charge in [0.25, 0.3) is 0 Å². The third kappa shape index (κ3) is 5.63. The van der Waals surface area contributed by atoms with Gasteiger partial charge in [-0.25, -0.2) is 0 Å². The van der Waals surface area contributed by atoms with Crippen LogP contribution in [0.3, 0.4) is 0 Å². The van der Waals surface area contributed by atoms with Crippen LogP contribution in [-0.4, -0.2) is 24.4 Å². The number of benzene rings is 1. The van der Waals surface area contributed by atoms with Gasteiger partial charge in [0.1, 0.15) is 0 Å². The lowest BCUT2D eigenvalue weighted by Crippen LogP contribution is -2.37. The molecule has 0 radical (unpaired) electrons. The fraction of sp³-hybridized carbons (Fsp3) is 0.600. The van der Waals surface area contributed by atoms with Crippen molar-refractivity contribution in [2.45, 2.75) is 45.4 Å². The van der Waals surface area contributed by atoms with Gasteiger partial charge in [0.15, 0.2) is 0 Å². The van der Waals surface area contributed by atoms with Gasteiger partial charge in [0.05, 0.1) is 12.2 Å². The number of nitrogens with one attached hydrogen (secondary N) is 1. The molecule has 0 aromatic heterocycles. The Balaban J connectivity index is 2.35. The predicted molar refractivity (Wildman–Crippen MR) is 74.4 cm³/mol. The summed E-state index contributed by atoms with van der Waals surface area (Å²) < 4.78 is 5.07. The van der Waals surface area contributed by atoms with Gasteiger partial charge in [0, 0.05) is 20.2 Å². The van der Waals surface area contributed by atoms with E-state index in [0.717, 1.165) is 19.4 Å². The lowest BCUT2D eigenvalue weighted by Gasteiger charge is -2.23. The van der Waals surface area contributed by atoms with Crippen LogP contribution in [0.15, 0.2) is 24.3 Å². The molecule has 0 fully saturated rings. The first kappa shape index (κ1) is 15.2. The van der Waals surface area contributed by atoms with Gasteiger partial charge in [0.2, 0.25) is 0 Å². The summed E-state index contributed by atoms with van der Waals surface area (Å²) in [7, 11) is 1.70. The van der Waals surface area contributed by atoms with Gasteiger partial charge in [-0.1, -0.05) is 37.6 Å². The molecule has 1 unspecified atom stereocenters. The van der Waals surface area contributed by atoms with E-state index in [-0.39, 0.29) is 0 Å². The Kier molecular flexibility index (Phi) is 6.33. The van der Waals surface area contributed by atoms with E-state index in [1.54, 1.807) is 7.11 Å². The fourth-order valence-electron chi connectivity index (χ4n) is 2.02. The van der Waals surface area contributed by atoms with Crippen molar-refractivity contribution < 1.29 is 9.84 Å². The minimum atomic E-state index is -0.606. The minimum Gasteiger partial charge on any atom is -0.389 e. The van der Waals surface area contributed by atoms with Gasteiger partial charge < -0.3 is 15.2 Å². The molecule has 3 heteroatoms. The molecule has 0 heterocycles. The van der Waals surface area contributed by atoms with E-state index in [2.05, 4.69) is 36.5 Å². The van der Waals surface area contributed by atoms with Gasteiger partial charge >= 0.3 is 0 Å². The van der Waals surface area contributed by atoms with Crippen molar-refractivity contribution >= 4 is 0 Å². The average molecular weight is 251 g/mol. The molecule has 0 bridgehead atoms. The van der Waals surface area contributed by atoms with Crippen LogP contribution < -0.4 is 5.32 Å². The molecular formula is C15H25NO2. The Morgan fingerprint density at radius 2 is 1.83 bits per heavy atom. The van der Waals surface area contributed by atoms with E-state index in [0.29, 0.717) is 13.2 Å². The molecule has 1 atom stereocenters. The van der Waals surface area contributed by atoms with E-state index in [1.807, 2.05) is 6.92 Å². The van der Waals surface area contributed by atoms with E-state index in [4.69, 9.17) is 4.74 Å². The summed E-state index contributed by atoms with van der Waals surface area (Å²) in [6.07, 6.45) is 1.83. The molecule has 0 aliphatic carbocycles. The Hall–Kier alpha value is -0.900. The Morgan fingerprint density at radius 3 is 2.39 bits per heavy atom. The average Bonchev–Trinajstić information content (AvgIpc) is 2.31. The molecule has 3 nitrogen and oxygen atoms in total. The lowest BCUT2D eigenvalue weighted by atomic mass is 10.0. The van der Waals surface area contributed by atoms with E-state index >= 15 is 0 Å². The van der Waals surface area contributed by atoms with Gasteiger partial charge in [-0.2, -0.15) is 0 Å². The molecule has 2 N–H and O–H groups in total. The van der Waals surface area contributed by atoms with Crippen LogP contribution in [-0.2, 0) is 17.9 Å². The van der Waals surface area contributed by atoms with Crippen molar-refractivity contribution in [3.8, 4) is 0 Å². The molecule has 102 valence electrons. The van der Waals surface area contributed by atoms with Crippen LogP contribution in [0.4, 0.5) is 0 Å². The van der Waals surface area contributed by atoms with Gasteiger partial charge in [-0.05, 0) is 24.5 Å². The molecule has 1 aromatic carbocycles. The van der Waals surface area contributed by atoms with Crippen molar-refractivity contribution in [1.82, 2.24) is 5.32 Å². The van der Waals surface area contributed by atoms with E-state index < -0.39 is 5.60 Å². The first-order chi connectivity index (χ1) is 8.57. The van der Waals surface area contributed by atoms with Crippen molar-refractivity contribution in [2.24, 2.45) is 0 Å². The highest BCUT2D eigenvalue weighted by atomic mass is 16.5. The molecule has 1 aromatic rings. The smallest absolute Gasteiger partial charge is 0.0743 e. The van der Waals surface area contributed by atoms with Crippen LogP contribution >= 0.6 is 0 Å². The van der Waals surface area contributed by atoms with Crippen LogP contribution in [0, 0.1) is 0 Å². The molecule has 0 spiro atoms. The normalized spacial score (nSPS) is 14.4. The number of methoxy groups -OCH3 is 1. The first-order valence-corrected chi connectivity index (χ1v) is 6.57. The summed E-state index contributed by atoms with van der Waals surface area (Å²) >= 11 is 0.